The van der Waals surface area contributed by atoms with Gasteiger partial charge in [0, 0.05) is 56.0 Å². The first kappa shape index (κ1) is 25.3. The third-order valence-electron chi connectivity index (χ3n) is 8.20. The Balaban J connectivity index is 1.09. The molecule has 0 radical (unpaired) electrons. The second kappa shape index (κ2) is 10.6. The number of hydrogen-bond acceptors (Lipinski definition) is 6. The van der Waals surface area contributed by atoms with Crippen LogP contribution in [0.25, 0.3) is 11.1 Å². The van der Waals surface area contributed by atoms with Crippen LogP contribution in [0, 0.1) is 28.6 Å². The van der Waals surface area contributed by atoms with Gasteiger partial charge in [-0.2, -0.15) is 10.4 Å². The number of nitrogens with one attached hydrogen (secondary N) is 1. The van der Waals surface area contributed by atoms with Gasteiger partial charge in [-0.3, -0.25) is 14.3 Å². The van der Waals surface area contributed by atoms with Gasteiger partial charge in [0.05, 0.1) is 18.7 Å². The monoisotopic (exact) mass is 524 g/mol. The summed E-state index contributed by atoms with van der Waals surface area (Å²) in [5.74, 6) is 0.812. The zero-order valence-electron chi connectivity index (χ0n) is 21.9. The lowest BCUT2D eigenvalue weighted by Gasteiger charge is -2.21. The van der Waals surface area contributed by atoms with Crippen molar-refractivity contribution in [2.75, 3.05) is 30.0 Å². The predicted molar refractivity (Wildman–Crippen MR) is 146 cm³/mol. The molecule has 39 heavy (non-hydrogen) atoms. The van der Waals surface area contributed by atoms with E-state index in [-0.39, 0.29) is 24.2 Å². The van der Waals surface area contributed by atoms with Crippen LogP contribution < -0.4 is 10.2 Å². The van der Waals surface area contributed by atoms with Crippen LogP contribution in [0.1, 0.15) is 37.7 Å². The number of rotatable bonds is 8. The molecule has 3 aliphatic rings. The summed E-state index contributed by atoms with van der Waals surface area (Å²) < 4.78 is 7.46. The molecule has 0 bridgehead atoms. The van der Waals surface area contributed by atoms with Gasteiger partial charge in [-0.15, -0.1) is 0 Å². The van der Waals surface area contributed by atoms with Gasteiger partial charge in [0.2, 0.25) is 11.8 Å². The molecule has 1 N–H and O–H groups in total. The van der Waals surface area contributed by atoms with Crippen LogP contribution in [0.4, 0.5) is 11.5 Å². The van der Waals surface area contributed by atoms with E-state index in [0.29, 0.717) is 30.4 Å². The molecular weight excluding hydrogens is 492 g/mol. The zero-order chi connectivity index (χ0) is 26.8. The fourth-order valence-corrected chi connectivity index (χ4v) is 5.83. The van der Waals surface area contributed by atoms with Crippen molar-refractivity contribution >= 4 is 23.3 Å². The molecule has 6 rings (SSSR count). The molecule has 2 saturated heterocycles. The fourth-order valence-electron chi connectivity index (χ4n) is 5.83. The number of pyridine rings is 1. The number of hydrogen-bond donors (Lipinski definition) is 1. The number of ether oxygens (including phenoxy) is 1. The average Bonchev–Trinajstić information content (AvgIpc) is 3.61. The van der Waals surface area contributed by atoms with Crippen molar-refractivity contribution < 1.29 is 14.3 Å². The van der Waals surface area contributed by atoms with Crippen LogP contribution in [0.15, 0.2) is 55.0 Å². The molecule has 1 saturated carbocycles. The highest BCUT2D eigenvalue weighted by molar-refractivity contribution is 6.02. The van der Waals surface area contributed by atoms with Gasteiger partial charge in [-0.25, -0.2) is 4.98 Å². The number of benzene rings is 1. The Morgan fingerprint density at radius 3 is 2.79 bits per heavy atom. The Morgan fingerprint density at radius 1 is 1.15 bits per heavy atom. The van der Waals surface area contributed by atoms with Gasteiger partial charge in [0.1, 0.15) is 11.2 Å². The number of carbonyl (C=O) groups is 2. The average molecular weight is 525 g/mol. The van der Waals surface area contributed by atoms with E-state index in [1.807, 2.05) is 35.1 Å². The van der Waals surface area contributed by atoms with E-state index >= 15 is 0 Å². The number of anilines is 2. The summed E-state index contributed by atoms with van der Waals surface area (Å²) in [5, 5.41) is 17.2. The molecule has 2 aliphatic heterocycles. The van der Waals surface area contributed by atoms with E-state index in [9.17, 15) is 14.9 Å². The minimum absolute atomic E-state index is 0.135. The van der Waals surface area contributed by atoms with E-state index < -0.39 is 5.41 Å². The summed E-state index contributed by atoms with van der Waals surface area (Å²) >= 11 is 0. The second-order valence-corrected chi connectivity index (χ2v) is 10.9. The van der Waals surface area contributed by atoms with Gasteiger partial charge in [-0.05, 0) is 61.1 Å². The normalized spacial score (nSPS) is 21.6. The summed E-state index contributed by atoms with van der Waals surface area (Å²) in [6, 6.07) is 13.7. The molecule has 4 heterocycles. The SMILES string of the molecule is N#C[C@@]1(C2CC2)CCN(c2ccnc(NC(=O)Cc3cccc(-c4cnn(CC5CCOCC5)c4)c3)c2)C1=O. The summed E-state index contributed by atoms with van der Waals surface area (Å²) in [7, 11) is 0. The van der Waals surface area contributed by atoms with Gasteiger partial charge in [0.15, 0.2) is 0 Å². The van der Waals surface area contributed by atoms with Crippen LogP contribution in [0.5, 0.6) is 0 Å². The topological polar surface area (TPSA) is 113 Å². The summed E-state index contributed by atoms with van der Waals surface area (Å²) in [6.45, 7) is 3.03. The van der Waals surface area contributed by atoms with Crippen LogP contribution in [0.2, 0.25) is 0 Å². The standard InChI is InChI=1S/C30H32N6O3/c31-20-30(25-4-5-25)9-11-36(29(30)38)26-6-10-32-27(16-26)34-28(37)15-22-2-1-3-23(14-22)24-17-33-35(19-24)18-21-7-12-39-13-8-21/h1-3,6,10,14,16-17,19,21,25H,4-5,7-9,11-13,15,18H2,(H,32,34,37)/t30-/m1/s1. The number of carbonyl (C=O) groups excluding carboxylic acids is 2. The third kappa shape index (κ3) is 5.30. The lowest BCUT2D eigenvalue weighted by molar-refractivity contribution is -0.123. The van der Waals surface area contributed by atoms with Gasteiger partial charge in [-0.1, -0.05) is 24.3 Å². The molecule has 9 nitrogen and oxygen atoms in total. The Bertz CT molecular complexity index is 1420. The van der Waals surface area contributed by atoms with E-state index in [1.165, 1.54) is 0 Å². The van der Waals surface area contributed by atoms with E-state index in [4.69, 9.17) is 4.74 Å². The van der Waals surface area contributed by atoms with Crippen LogP contribution in [-0.2, 0) is 27.3 Å². The van der Waals surface area contributed by atoms with Crippen molar-refractivity contribution in [1.82, 2.24) is 14.8 Å². The van der Waals surface area contributed by atoms with Crippen molar-refractivity contribution in [1.29, 1.82) is 5.26 Å². The molecule has 0 spiro atoms. The molecule has 1 aliphatic carbocycles. The van der Waals surface area contributed by atoms with Crippen LogP contribution in [-0.4, -0.2) is 46.3 Å². The van der Waals surface area contributed by atoms with Crippen molar-refractivity contribution in [2.24, 2.45) is 17.3 Å². The molecule has 3 fully saturated rings. The van der Waals surface area contributed by atoms with E-state index in [2.05, 4.69) is 27.7 Å². The Morgan fingerprint density at radius 2 is 2.00 bits per heavy atom. The maximum atomic E-state index is 13.1. The molecule has 2 aromatic heterocycles. The lowest BCUT2D eigenvalue weighted by Crippen LogP contribution is -2.35. The van der Waals surface area contributed by atoms with Crippen molar-refractivity contribution in [3.63, 3.8) is 0 Å². The largest absolute Gasteiger partial charge is 0.381 e. The maximum Gasteiger partial charge on any atom is 0.247 e. The first-order valence-electron chi connectivity index (χ1n) is 13.7. The van der Waals surface area contributed by atoms with Gasteiger partial charge in [0.25, 0.3) is 0 Å². The third-order valence-corrected chi connectivity index (χ3v) is 8.20. The van der Waals surface area contributed by atoms with Crippen molar-refractivity contribution in [3.05, 3.63) is 60.6 Å². The fraction of sp³-hybridized carbons (Fsp3) is 0.433. The zero-order valence-corrected chi connectivity index (χ0v) is 21.9. The molecule has 1 aromatic carbocycles. The second-order valence-electron chi connectivity index (χ2n) is 10.9. The Kier molecular flexibility index (Phi) is 6.88. The summed E-state index contributed by atoms with van der Waals surface area (Å²) in [6.07, 6.45) is 10.3. The van der Waals surface area contributed by atoms with Crippen molar-refractivity contribution in [3.8, 4) is 17.2 Å². The Labute approximate surface area is 227 Å². The highest BCUT2D eigenvalue weighted by Gasteiger charge is 2.56. The van der Waals surface area contributed by atoms with Gasteiger partial charge >= 0.3 is 0 Å². The summed E-state index contributed by atoms with van der Waals surface area (Å²) in [5.41, 5.74) is 2.68. The molecule has 3 aromatic rings. The first-order valence-corrected chi connectivity index (χ1v) is 13.7. The number of nitrogens with zero attached hydrogens (tertiary/aromatic N) is 5. The van der Waals surface area contributed by atoms with Gasteiger partial charge < -0.3 is 15.0 Å². The van der Waals surface area contributed by atoms with Crippen molar-refractivity contribution in [2.45, 2.75) is 45.1 Å². The highest BCUT2D eigenvalue weighted by Crippen LogP contribution is 2.51. The minimum Gasteiger partial charge on any atom is -0.381 e. The van der Waals surface area contributed by atoms with Crippen LogP contribution >= 0.6 is 0 Å². The number of nitriles is 1. The minimum atomic E-state index is -0.904. The number of aromatic nitrogens is 3. The molecule has 200 valence electrons. The maximum absolute atomic E-state index is 13.1. The van der Waals surface area contributed by atoms with E-state index in [1.54, 1.807) is 23.2 Å². The summed E-state index contributed by atoms with van der Waals surface area (Å²) in [4.78, 5) is 32.0. The Hall–Kier alpha value is -4.03. The lowest BCUT2D eigenvalue weighted by atomic mass is 9.83. The smallest absolute Gasteiger partial charge is 0.247 e. The molecule has 0 unspecified atom stereocenters. The van der Waals surface area contributed by atoms with E-state index in [0.717, 1.165) is 62.1 Å². The van der Waals surface area contributed by atoms with Crippen LogP contribution in [0.3, 0.4) is 0 Å². The molecule has 9 heteroatoms. The molecular formula is C30H32N6O3. The molecule has 1 atom stereocenters. The predicted octanol–water partition coefficient (Wildman–Crippen LogP) is 4.21. The highest BCUT2D eigenvalue weighted by atomic mass is 16.5. The first-order chi connectivity index (χ1) is 19.0. The quantitative estimate of drug-likeness (QED) is 0.472. The number of amides is 2. The molecule has 2 amide bonds.